The van der Waals surface area contributed by atoms with Crippen LogP contribution in [0.4, 0.5) is 0 Å². The number of rotatable bonds is 6. The molecule has 0 N–H and O–H groups in total. The lowest BCUT2D eigenvalue weighted by molar-refractivity contribution is 0.363. The van der Waals surface area contributed by atoms with Gasteiger partial charge >= 0.3 is 0 Å². The lowest BCUT2D eigenvalue weighted by Crippen LogP contribution is -1.96. The molecule has 0 atom stereocenters. The van der Waals surface area contributed by atoms with Crippen LogP contribution in [0.5, 0.6) is 11.5 Å². The molecule has 0 fully saturated rings. The van der Waals surface area contributed by atoms with Gasteiger partial charge in [0.05, 0.1) is 18.1 Å². The fourth-order valence-corrected chi connectivity index (χ4v) is 2.75. The van der Waals surface area contributed by atoms with Crippen LogP contribution in [0, 0.1) is 0 Å². The Bertz CT molecular complexity index is 845. The normalized spacial score (nSPS) is 10.8. The van der Waals surface area contributed by atoms with Gasteiger partial charge in [-0.3, -0.25) is 0 Å². The first kappa shape index (κ1) is 14.3. The van der Waals surface area contributed by atoms with Crippen LogP contribution in [0.15, 0.2) is 61.7 Å². The van der Waals surface area contributed by atoms with Gasteiger partial charge in [-0.1, -0.05) is 18.7 Å². The van der Waals surface area contributed by atoms with Crippen molar-refractivity contribution in [3.8, 4) is 11.5 Å². The van der Waals surface area contributed by atoms with Crippen LogP contribution in [0.25, 0.3) is 21.8 Å². The second-order valence-corrected chi connectivity index (χ2v) is 5.06. The number of fused-ring (bicyclic) bond motifs is 3. The molecule has 112 valence electrons. The summed E-state index contributed by atoms with van der Waals surface area (Å²) in [7, 11) is 1.68. The first-order valence-electron chi connectivity index (χ1n) is 7.23. The van der Waals surface area contributed by atoms with Gasteiger partial charge in [0.2, 0.25) is 0 Å². The first-order valence-corrected chi connectivity index (χ1v) is 7.23. The molecule has 0 bridgehead atoms. The van der Waals surface area contributed by atoms with Gasteiger partial charge in [-0.15, -0.1) is 6.58 Å². The second-order valence-electron chi connectivity index (χ2n) is 5.06. The van der Waals surface area contributed by atoms with Crippen LogP contribution >= 0.6 is 0 Å². The predicted molar refractivity (Wildman–Crippen MR) is 91.9 cm³/mol. The van der Waals surface area contributed by atoms with E-state index in [1.54, 1.807) is 13.2 Å². The maximum absolute atomic E-state index is 5.66. The molecule has 3 nitrogen and oxygen atoms in total. The summed E-state index contributed by atoms with van der Waals surface area (Å²) in [6, 6.07) is 12.3. The van der Waals surface area contributed by atoms with Crippen LogP contribution in [0.3, 0.4) is 0 Å². The van der Waals surface area contributed by atoms with Crippen LogP contribution in [-0.4, -0.2) is 18.3 Å². The Labute approximate surface area is 130 Å². The molecule has 22 heavy (non-hydrogen) atoms. The number of hydrogen-bond acceptors (Lipinski definition) is 2. The van der Waals surface area contributed by atoms with E-state index in [0.717, 1.165) is 29.1 Å². The number of benzene rings is 2. The molecule has 0 amide bonds. The van der Waals surface area contributed by atoms with E-state index in [1.807, 2.05) is 18.2 Å². The van der Waals surface area contributed by atoms with Crippen molar-refractivity contribution < 1.29 is 9.47 Å². The van der Waals surface area contributed by atoms with Gasteiger partial charge in [0.15, 0.2) is 0 Å². The van der Waals surface area contributed by atoms with Gasteiger partial charge in [0, 0.05) is 29.4 Å². The number of allylic oxidation sites excluding steroid dienone is 1. The van der Waals surface area contributed by atoms with Crippen LogP contribution in [-0.2, 0) is 6.54 Å². The molecule has 3 aromatic rings. The van der Waals surface area contributed by atoms with Crippen molar-refractivity contribution >= 4 is 21.8 Å². The molecule has 0 saturated carbocycles. The van der Waals surface area contributed by atoms with Crippen LogP contribution in [0.2, 0.25) is 0 Å². The van der Waals surface area contributed by atoms with Crippen LogP contribution < -0.4 is 9.47 Å². The SMILES string of the molecule is C=CCOc1ccc2c3ccc(OC)cc3n(CC=C)c2c1. The van der Waals surface area contributed by atoms with Crippen molar-refractivity contribution in [1.82, 2.24) is 4.57 Å². The molecule has 0 aliphatic heterocycles. The van der Waals surface area contributed by atoms with E-state index < -0.39 is 0 Å². The highest BCUT2D eigenvalue weighted by molar-refractivity contribution is 6.08. The molecule has 0 aliphatic carbocycles. The van der Waals surface area contributed by atoms with Crippen molar-refractivity contribution in [3.63, 3.8) is 0 Å². The summed E-state index contributed by atoms with van der Waals surface area (Å²) in [5.74, 6) is 1.69. The quantitative estimate of drug-likeness (QED) is 0.622. The standard InChI is InChI=1S/C19H19NO2/c1-4-10-20-18-12-14(21-3)6-8-16(18)17-9-7-15(13-19(17)20)22-11-5-2/h4-9,12-13H,1-2,10-11H2,3H3. The molecule has 0 spiro atoms. The Kier molecular flexibility index (Phi) is 3.88. The molecule has 0 saturated heterocycles. The van der Waals surface area contributed by atoms with Crippen molar-refractivity contribution in [3.05, 3.63) is 61.7 Å². The molecule has 0 unspecified atom stereocenters. The van der Waals surface area contributed by atoms with Gasteiger partial charge in [-0.05, 0) is 24.3 Å². The maximum Gasteiger partial charge on any atom is 0.121 e. The average Bonchev–Trinajstić information content (AvgIpc) is 2.86. The Balaban J connectivity index is 2.26. The van der Waals surface area contributed by atoms with Gasteiger partial charge in [0.25, 0.3) is 0 Å². The summed E-state index contributed by atoms with van der Waals surface area (Å²) in [5.41, 5.74) is 2.26. The largest absolute Gasteiger partial charge is 0.497 e. The van der Waals surface area contributed by atoms with Crippen molar-refractivity contribution in [2.45, 2.75) is 6.54 Å². The van der Waals surface area contributed by atoms with Crippen molar-refractivity contribution in [1.29, 1.82) is 0 Å². The molecular formula is C19H19NO2. The Morgan fingerprint density at radius 1 is 0.955 bits per heavy atom. The Morgan fingerprint density at radius 3 is 2.18 bits per heavy atom. The molecule has 3 rings (SSSR count). The highest BCUT2D eigenvalue weighted by atomic mass is 16.5. The van der Waals surface area contributed by atoms with E-state index in [1.165, 1.54) is 10.8 Å². The summed E-state index contributed by atoms with van der Waals surface area (Å²) < 4.78 is 13.2. The van der Waals surface area contributed by atoms with E-state index in [4.69, 9.17) is 9.47 Å². The second kappa shape index (κ2) is 5.98. The topological polar surface area (TPSA) is 23.4 Å². The average molecular weight is 293 g/mol. The molecule has 1 aromatic heterocycles. The summed E-state index contributed by atoms with van der Waals surface area (Å²) in [5, 5.41) is 2.40. The zero-order valence-corrected chi connectivity index (χ0v) is 12.7. The molecule has 0 radical (unpaired) electrons. The number of hydrogen-bond donors (Lipinski definition) is 0. The van der Waals surface area contributed by atoms with E-state index in [2.05, 4.69) is 42.0 Å². The summed E-state index contributed by atoms with van der Waals surface area (Å²) in [4.78, 5) is 0. The zero-order chi connectivity index (χ0) is 15.5. The molecular weight excluding hydrogens is 274 g/mol. The number of nitrogens with zero attached hydrogens (tertiary/aromatic N) is 1. The lowest BCUT2D eigenvalue weighted by Gasteiger charge is -2.07. The van der Waals surface area contributed by atoms with Gasteiger partial charge in [0.1, 0.15) is 18.1 Å². The third-order valence-electron chi connectivity index (χ3n) is 3.73. The minimum Gasteiger partial charge on any atom is -0.497 e. The summed E-state index contributed by atoms with van der Waals surface area (Å²) in [6.45, 7) is 8.78. The molecule has 1 heterocycles. The van der Waals surface area contributed by atoms with E-state index >= 15 is 0 Å². The summed E-state index contributed by atoms with van der Waals surface area (Å²) >= 11 is 0. The lowest BCUT2D eigenvalue weighted by atomic mass is 10.1. The minimum absolute atomic E-state index is 0.501. The predicted octanol–water partition coefficient (Wildman–Crippen LogP) is 4.55. The fraction of sp³-hybridized carbons (Fsp3) is 0.158. The van der Waals surface area contributed by atoms with E-state index in [0.29, 0.717) is 6.61 Å². The Hall–Kier alpha value is -2.68. The number of methoxy groups -OCH3 is 1. The summed E-state index contributed by atoms with van der Waals surface area (Å²) in [6.07, 6.45) is 3.64. The van der Waals surface area contributed by atoms with Crippen molar-refractivity contribution in [2.75, 3.05) is 13.7 Å². The first-order chi connectivity index (χ1) is 10.8. The maximum atomic E-state index is 5.66. The van der Waals surface area contributed by atoms with E-state index in [-0.39, 0.29) is 0 Å². The number of aromatic nitrogens is 1. The van der Waals surface area contributed by atoms with Gasteiger partial charge < -0.3 is 14.0 Å². The third kappa shape index (κ3) is 2.35. The Morgan fingerprint density at radius 2 is 1.59 bits per heavy atom. The van der Waals surface area contributed by atoms with Crippen molar-refractivity contribution in [2.24, 2.45) is 0 Å². The smallest absolute Gasteiger partial charge is 0.121 e. The fourth-order valence-electron chi connectivity index (χ4n) is 2.75. The van der Waals surface area contributed by atoms with Gasteiger partial charge in [-0.2, -0.15) is 0 Å². The monoisotopic (exact) mass is 293 g/mol. The van der Waals surface area contributed by atoms with Crippen LogP contribution in [0.1, 0.15) is 0 Å². The zero-order valence-electron chi connectivity index (χ0n) is 12.7. The highest BCUT2D eigenvalue weighted by Crippen LogP contribution is 2.33. The van der Waals surface area contributed by atoms with E-state index in [9.17, 15) is 0 Å². The molecule has 0 aliphatic rings. The third-order valence-corrected chi connectivity index (χ3v) is 3.73. The number of ether oxygens (including phenoxy) is 2. The minimum atomic E-state index is 0.501. The highest BCUT2D eigenvalue weighted by Gasteiger charge is 2.11. The molecule has 2 aromatic carbocycles. The van der Waals surface area contributed by atoms with Gasteiger partial charge in [-0.25, -0.2) is 0 Å². The molecule has 3 heteroatoms.